The van der Waals surface area contributed by atoms with Gasteiger partial charge in [-0.05, 0) is 26.7 Å². The van der Waals surface area contributed by atoms with Crippen LogP contribution >= 0.6 is 0 Å². The fourth-order valence-electron chi connectivity index (χ4n) is 2.47. The maximum Gasteiger partial charge on any atom is 0.247 e. The summed E-state index contributed by atoms with van der Waals surface area (Å²) < 4.78 is 5.27. The van der Waals surface area contributed by atoms with Crippen molar-refractivity contribution in [1.82, 2.24) is 10.2 Å². The highest BCUT2D eigenvalue weighted by molar-refractivity contribution is 6.05. The largest absolute Gasteiger partial charge is 0.381 e. The Hall–Kier alpha value is -0.940. The van der Waals surface area contributed by atoms with Gasteiger partial charge in [-0.15, -0.1) is 0 Å². The summed E-state index contributed by atoms with van der Waals surface area (Å²) >= 11 is 0. The molecule has 5 nitrogen and oxygen atoms in total. The number of ether oxygens (including phenoxy) is 1. The van der Waals surface area contributed by atoms with Gasteiger partial charge in [0.25, 0.3) is 0 Å². The molecule has 0 bridgehead atoms. The van der Waals surface area contributed by atoms with Crippen LogP contribution in [0, 0.1) is 0 Å². The third-order valence-corrected chi connectivity index (χ3v) is 3.36. The summed E-state index contributed by atoms with van der Waals surface area (Å²) in [5.74, 6) is -0.133. The molecule has 0 aromatic carbocycles. The van der Waals surface area contributed by atoms with E-state index < -0.39 is 0 Å². The molecule has 1 unspecified atom stereocenters. The second-order valence-electron chi connectivity index (χ2n) is 5.01. The number of carbonyl (C=O) groups excluding carboxylic acids is 2. The first kappa shape index (κ1) is 12.5. The van der Waals surface area contributed by atoms with E-state index in [0.29, 0.717) is 12.5 Å². The van der Waals surface area contributed by atoms with E-state index in [1.54, 1.807) is 0 Å². The van der Waals surface area contributed by atoms with Crippen LogP contribution in [-0.4, -0.2) is 48.1 Å². The molecule has 0 aromatic rings. The first-order valence-electron chi connectivity index (χ1n) is 6.29. The van der Waals surface area contributed by atoms with Gasteiger partial charge in [-0.25, -0.2) is 0 Å². The summed E-state index contributed by atoms with van der Waals surface area (Å²) in [5.41, 5.74) is 0. The Bertz CT molecular complexity index is 311. The number of hydrogen-bond acceptors (Lipinski definition) is 4. The van der Waals surface area contributed by atoms with Gasteiger partial charge in [0, 0.05) is 25.3 Å². The average Bonchev–Trinajstić information content (AvgIpc) is 2.55. The fraction of sp³-hybridized carbons (Fsp3) is 0.833. The molecule has 1 N–H and O–H groups in total. The third-order valence-electron chi connectivity index (χ3n) is 3.36. The van der Waals surface area contributed by atoms with E-state index in [1.807, 2.05) is 13.8 Å². The molecular formula is C12H20N2O3. The van der Waals surface area contributed by atoms with E-state index in [4.69, 9.17) is 4.74 Å². The van der Waals surface area contributed by atoms with Crippen molar-refractivity contribution >= 4 is 11.8 Å². The molecule has 2 fully saturated rings. The minimum Gasteiger partial charge on any atom is -0.381 e. The van der Waals surface area contributed by atoms with E-state index in [9.17, 15) is 9.59 Å². The maximum atomic E-state index is 12.0. The molecule has 2 heterocycles. The first-order valence-corrected chi connectivity index (χ1v) is 6.29. The SMILES string of the molecule is CC(C)N1C(=O)CC(NC2CCOCC2)C1=O. The van der Waals surface area contributed by atoms with Gasteiger partial charge in [-0.3, -0.25) is 14.5 Å². The molecule has 1 atom stereocenters. The zero-order chi connectivity index (χ0) is 12.4. The van der Waals surface area contributed by atoms with Crippen LogP contribution in [0.5, 0.6) is 0 Å². The molecule has 2 aliphatic heterocycles. The molecule has 0 saturated carbocycles. The van der Waals surface area contributed by atoms with Crippen molar-refractivity contribution in [1.29, 1.82) is 0 Å². The molecule has 17 heavy (non-hydrogen) atoms. The molecule has 0 aliphatic carbocycles. The van der Waals surface area contributed by atoms with Crippen LogP contribution in [0.3, 0.4) is 0 Å². The summed E-state index contributed by atoms with van der Waals surface area (Å²) in [7, 11) is 0. The molecule has 0 aromatic heterocycles. The second-order valence-corrected chi connectivity index (χ2v) is 5.01. The van der Waals surface area contributed by atoms with Crippen molar-refractivity contribution < 1.29 is 14.3 Å². The zero-order valence-electron chi connectivity index (χ0n) is 10.4. The third kappa shape index (κ3) is 2.66. The van der Waals surface area contributed by atoms with Crippen molar-refractivity contribution in [2.75, 3.05) is 13.2 Å². The second kappa shape index (κ2) is 5.14. The molecule has 2 amide bonds. The lowest BCUT2D eigenvalue weighted by Crippen LogP contribution is -2.47. The van der Waals surface area contributed by atoms with Crippen LogP contribution < -0.4 is 5.32 Å². The highest BCUT2D eigenvalue weighted by atomic mass is 16.5. The van der Waals surface area contributed by atoms with Crippen LogP contribution in [0.15, 0.2) is 0 Å². The van der Waals surface area contributed by atoms with Gasteiger partial charge in [0.15, 0.2) is 0 Å². The van der Waals surface area contributed by atoms with Gasteiger partial charge in [0.1, 0.15) is 0 Å². The summed E-state index contributed by atoms with van der Waals surface area (Å²) in [6.07, 6.45) is 2.13. The van der Waals surface area contributed by atoms with Crippen molar-refractivity contribution in [3.63, 3.8) is 0 Å². The molecule has 2 saturated heterocycles. The van der Waals surface area contributed by atoms with Crippen molar-refractivity contribution in [2.24, 2.45) is 0 Å². The number of amides is 2. The standard InChI is InChI=1S/C12H20N2O3/c1-8(2)14-11(15)7-10(12(14)16)13-9-3-5-17-6-4-9/h8-10,13H,3-7H2,1-2H3. The Labute approximate surface area is 101 Å². The van der Waals surface area contributed by atoms with E-state index in [0.717, 1.165) is 26.1 Å². The molecule has 2 aliphatic rings. The Kier molecular flexibility index (Phi) is 3.79. The highest BCUT2D eigenvalue weighted by Gasteiger charge is 2.40. The molecule has 5 heteroatoms. The summed E-state index contributed by atoms with van der Waals surface area (Å²) in [5, 5.41) is 3.29. The molecular weight excluding hydrogens is 220 g/mol. The van der Waals surface area contributed by atoms with Gasteiger partial charge in [-0.2, -0.15) is 0 Å². The van der Waals surface area contributed by atoms with Crippen LogP contribution in [0.25, 0.3) is 0 Å². The fourth-order valence-corrected chi connectivity index (χ4v) is 2.47. The van der Waals surface area contributed by atoms with Gasteiger partial charge in [0.2, 0.25) is 11.8 Å². The smallest absolute Gasteiger partial charge is 0.247 e. The molecule has 0 spiro atoms. The van der Waals surface area contributed by atoms with Crippen LogP contribution in [0.2, 0.25) is 0 Å². The van der Waals surface area contributed by atoms with Gasteiger partial charge in [0.05, 0.1) is 12.5 Å². The maximum absolute atomic E-state index is 12.0. The predicted molar refractivity (Wildman–Crippen MR) is 62.4 cm³/mol. The van der Waals surface area contributed by atoms with Gasteiger partial charge >= 0.3 is 0 Å². The van der Waals surface area contributed by atoms with Gasteiger partial charge in [-0.1, -0.05) is 0 Å². The Morgan fingerprint density at radius 2 is 1.94 bits per heavy atom. The molecule has 2 rings (SSSR count). The van der Waals surface area contributed by atoms with Crippen LogP contribution in [0.4, 0.5) is 0 Å². The number of hydrogen-bond donors (Lipinski definition) is 1. The number of imide groups is 1. The predicted octanol–water partition coefficient (Wildman–Crippen LogP) is 0.291. The van der Waals surface area contributed by atoms with E-state index in [2.05, 4.69) is 5.32 Å². The first-order chi connectivity index (χ1) is 8.09. The monoisotopic (exact) mass is 240 g/mol. The minimum absolute atomic E-state index is 0.0449. The number of likely N-dealkylation sites (tertiary alicyclic amines) is 1. The average molecular weight is 240 g/mol. The van der Waals surface area contributed by atoms with Crippen molar-refractivity contribution in [3.05, 3.63) is 0 Å². The van der Waals surface area contributed by atoms with Crippen LogP contribution in [-0.2, 0) is 14.3 Å². The number of nitrogens with zero attached hydrogens (tertiary/aromatic N) is 1. The van der Waals surface area contributed by atoms with E-state index in [-0.39, 0.29) is 23.9 Å². The summed E-state index contributed by atoms with van der Waals surface area (Å²) in [6.45, 7) is 5.21. The quantitative estimate of drug-likeness (QED) is 0.720. The number of carbonyl (C=O) groups is 2. The normalized spacial score (nSPS) is 27.2. The Morgan fingerprint density at radius 3 is 2.47 bits per heavy atom. The zero-order valence-corrected chi connectivity index (χ0v) is 10.4. The number of rotatable bonds is 3. The highest BCUT2D eigenvalue weighted by Crippen LogP contribution is 2.18. The Morgan fingerprint density at radius 1 is 1.29 bits per heavy atom. The summed E-state index contributed by atoms with van der Waals surface area (Å²) in [4.78, 5) is 25.1. The lowest BCUT2D eigenvalue weighted by atomic mass is 10.1. The van der Waals surface area contributed by atoms with Crippen molar-refractivity contribution in [2.45, 2.75) is 51.2 Å². The summed E-state index contributed by atoms with van der Waals surface area (Å²) in [6, 6.07) is -0.0675. The Balaban J connectivity index is 1.94. The minimum atomic E-state index is -0.326. The topological polar surface area (TPSA) is 58.6 Å². The molecule has 0 radical (unpaired) electrons. The molecule has 96 valence electrons. The van der Waals surface area contributed by atoms with Crippen LogP contribution in [0.1, 0.15) is 33.1 Å². The lowest BCUT2D eigenvalue weighted by Gasteiger charge is -2.26. The van der Waals surface area contributed by atoms with Gasteiger partial charge < -0.3 is 10.1 Å². The van der Waals surface area contributed by atoms with E-state index >= 15 is 0 Å². The van der Waals surface area contributed by atoms with E-state index in [1.165, 1.54) is 4.90 Å². The van der Waals surface area contributed by atoms with Crippen molar-refractivity contribution in [3.8, 4) is 0 Å². The number of nitrogens with one attached hydrogen (secondary N) is 1. The lowest BCUT2D eigenvalue weighted by molar-refractivity contribution is -0.140.